The maximum absolute atomic E-state index is 12.0. The second kappa shape index (κ2) is 4.58. The molecule has 1 aliphatic carbocycles. The van der Waals surface area contributed by atoms with Crippen LogP contribution in [0.4, 0.5) is 0 Å². The molecular formula is C12H18N4O. The predicted molar refractivity (Wildman–Crippen MR) is 65.1 cm³/mol. The van der Waals surface area contributed by atoms with Crippen LogP contribution in [0.5, 0.6) is 0 Å². The van der Waals surface area contributed by atoms with Gasteiger partial charge in [-0.3, -0.25) is 4.79 Å². The third kappa shape index (κ3) is 2.12. The SMILES string of the molecule is O=c1[nH]c(C2CNCCN2)nc2c1CCCC2. The van der Waals surface area contributed by atoms with Gasteiger partial charge in [-0.05, 0) is 25.7 Å². The fraction of sp³-hybridized carbons (Fsp3) is 0.667. The van der Waals surface area contributed by atoms with E-state index in [1.165, 1.54) is 0 Å². The minimum absolute atomic E-state index is 0.0667. The molecule has 0 saturated carbocycles. The molecule has 2 aliphatic rings. The van der Waals surface area contributed by atoms with E-state index in [0.29, 0.717) is 0 Å². The number of rotatable bonds is 1. The Kier molecular flexibility index (Phi) is 2.94. The Balaban J connectivity index is 1.95. The van der Waals surface area contributed by atoms with Gasteiger partial charge in [-0.2, -0.15) is 0 Å². The largest absolute Gasteiger partial charge is 0.313 e. The van der Waals surface area contributed by atoms with Crippen molar-refractivity contribution in [1.29, 1.82) is 0 Å². The van der Waals surface area contributed by atoms with E-state index >= 15 is 0 Å². The summed E-state index contributed by atoms with van der Waals surface area (Å²) < 4.78 is 0. The summed E-state index contributed by atoms with van der Waals surface area (Å²) in [6, 6.07) is 0.142. The maximum Gasteiger partial charge on any atom is 0.254 e. The van der Waals surface area contributed by atoms with Crippen molar-refractivity contribution in [2.75, 3.05) is 19.6 Å². The Morgan fingerprint density at radius 3 is 2.88 bits per heavy atom. The highest BCUT2D eigenvalue weighted by molar-refractivity contribution is 5.21. The van der Waals surface area contributed by atoms with Gasteiger partial charge < -0.3 is 15.6 Å². The minimum Gasteiger partial charge on any atom is -0.313 e. The molecular weight excluding hydrogens is 216 g/mol. The number of aromatic amines is 1. The number of hydrogen-bond acceptors (Lipinski definition) is 4. The highest BCUT2D eigenvalue weighted by Gasteiger charge is 2.21. The van der Waals surface area contributed by atoms with Gasteiger partial charge in [0.25, 0.3) is 5.56 Å². The fourth-order valence-corrected chi connectivity index (χ4v) is 2.63. The molecule has 1 unspecified atom stereocenters. The first-order valence-electron chi connectivity index (χ1n) is 6.40. The van der Waals surface area contributed by atoms with Crippen LogP contribution >= 0.6 is 0 Å². The number of aryl methyl sites for hydroxylation is 1. The van der Waals surface area contributed by atoms with Gasteiger partial charge in [0.15, 0.2) is 0 Å². The van der Waals surface area contributed by atoms with Crippen molar-refractivity contribution in [2.45, 2.75) is 31.7 Å². The van der Waals surface area contributed by atoms with Crippen LogP contribution in [0.1, 0.15) is 36.0 Å². The Hall–Kier alpha value is -1.20. The number of nitrogens with zero attached hydrogens (tertiary/aromatic N) is 1. The lowest BCUT2D eigenvalue weighted by molar-refractivity contribution is 0.412. The first kappa shape index (κ1) is 10.9. The minimum atomic E-state index is 0.0667. The summed E-state index contributed by atoms with van der Waals surface area (Å²) in [6.07, 6.45) is 4.10. The zero-order valence-electron chi connectivity index (χ0n) is 9.88. The lowest BCUT2D eigenvalue weighted by Gasteiger charge is -2.25. The van der Waals surface area contributed by atoms with E-state index in [4.69, 9.17) is 0 Å². The lowest BCUT2D eigenvalue weighted by atomic mass is 9.97. The number of piperazine rings is 1. The third-order valence-electron chi connectivity index (χ3n) is 3.58. The van der Waals surface area contributed by atoms with E-state index in [1.807, 2.05) is 0 Å². The normalized spacial score (nSPS) is 24.4. The van der Waals surface area contributed by atoms with Crippen molar-refractivity contribution in [1.82, 2.24) is 20.6 Å². The molecule has 0 bridgehead atoms. The molecule has 0 aromatic carbocycles. The molecule has 1 atom stereocenters. The van der Waals surface area contributed by atoms with E-state index in [0.717, 1.165) is 62.4 Å². The first-order valence-corrected chi connectivity index (χ1v) is 6.40. The lowest BCUT2D eigenvalue weighted by Crippen LogP contribution is -2.44. The van der Waals surface area contributed by atoms with Crippen LogP contribution in [0.15, 0.2) is 4.79 Å². The fourth-order valence-electron chi connectivity index (χ4n) is 2.63. The molecule has 0 radical (unpaired) electrons. The highest BCUT2D eigenvalue weighted by atomic mass is 16.1. The molecule has 1 fully saturated rings. The molecule has 0 spiro atoms. The van der Waals surface area contributed by atoms with Crippen LogP contribution in [0.2, 0.25) is 0 Å². The van der Waals surface area contributed by atoms with Crippen molar-refractivity contribution in [2.24, 2.45) is 0 Å². The Bertz CT molecular complexity index is 462. The molecule has 3 rings (SSSR count). The van der Waals surface area contributed by atoms with Crippen molar-refractivity contribution in [3.05, 3.63) is 27.4 Å². The Morgan fingerprint density at radius 1 is 1.18 bits per heavy atom. The number of nitrogens with one attached hydrogen (secondary N) is 3. The average molecular weight is 234 g/mol. The van der Waals surface area contributed by atoms with E-state index in [2.05, 4.69) is 20.6 Å². The van der Waals surface area contributed by atoms with Crippen molar-refractivity contribution < 1.29 is 0 Å². The van der Waals surface area contributed by atoms with Crippen molar-refractivity contribution in [3.8, 4) is 0 Å². The van der Waals surface area contributed by atoms with Gasteiger partial charge in [-0.15, -0.1) is 0 Å². The highest BCUT2D eigenvalue weighted by Crippen LogP contribution is 2.17. The summed E-state index contributed by atoms with van der Waals surface area (Å²) in [5, 5.41) is 6.68. The second-order valence-electron chi connectivity index (χ2n) is 4.79. The average Bonchev–Trinajstić information content (AvgIpc) is 2.40. The quantitative estimate of drug-likeness (QED) is 0.634. The summed E-state index contributed by atoms with van der Waals surface area (Å²) in [7, 11) is 0. The molecule has 3 N–H and O–H groups in total. The van der Waals surface area contributed by atoms with Gasteiger partial charge in [0.05, 0.1) is 11.7 Å². The number of fused-ring (bicyclic) bond motifs is 1. The standard InChI is InChI=1S/C12H18N4O/c17-12-8-3-1-2-4-9(8)15-11(16-12)10-7-13-5-6-14-10/h10,13-14H,1-7H2,(H,15,16,17). The summed E-state index contributed by atoms with van der Waals surface area (Å²) >= 11 is 0. The van der Waals surface area contributed by atoms with Crippen molar-refractivity contribution >= 4 is 0 Å². The molecule has 2 heterocycles. The van der Waals surface area contributed by atoms with Crippen LogP contribution in [-0.4, -0.2) is 29.6 Å². The molecule has 5 nitrogen and oxygen atoms in total. The molecule has 17 heavy (non-hydrogen) atoms. The number of H-pyrrole nitrogens is 1. The van der Waals surface area contributed by atoms with E-state index in [9.17, 15) is 4.79 Å². The van der Waals surface area contributed by atoms with Gasteiger partial charge >= 0.3 is 0 Å². The smallest absolute Gasteiger partial charge is 0.254 e. The monoisotopic (exact) mass is 234 g/mol. The van der Waals surface area contributed by atoms with Crippen LogP contribution in [-0.2, 0) is 12.8 Å². The molecule has 1 aliphatic heterocycles. The van der Waals surface area contributed by atoms with Gasteiger partial charge in [0, 0.05) is 25.2 Å². The van der Waals surface area contributed by atoms with Crippen molar-refractivity contribution in [3.63, 3.8) is 0 Å². The topological polar surface area (TPSA) is 69.8 Å². The zero-order chi connectivity index (χ0) is 11.7. The summed E-state index contributed by atoms with van der Waals surface area (Å²) in [4.78, 5) is 19.6. The summed E-state index contributed by atoms with van der Waals surface area (Å²) in [5.41, 5.74) is 1.99. The molecule has 5 heteroatoms. The second-order valence-corrected chi connectivity index (χ2v) is 4.79. The maximum atomic E-state index is 12.0. The number of aromatic nitrogens is 2. The van der Waals surface area contributed by atoms with Crippen LogP contribution in [0.25, 0.3) is 0 Å². The van der Waals surface area contributed by atoms with Crippen LogP contribution in [0.3, 0.4) is 0 Å². The van der Waals surface area contributed by atoms with Gasteiger partial charge in [0.2, 0.25) is 0 Å². The van der Waals surface area contributed by atoms with E-state index in [-0.39, 0.29) is 11.6 Å². The zero-order valence-corrected chi connectivity index (χ0v) is 9.88. The summed E-state index contributed by atoms with van der Waals surface area (Å²) in [6.45, 7) is 2.73. The molecule has 1 aromatic rings. The van der Waals surface area contributed by atoms with Gasteiger partial charge in [0.1, 0.15) is 5.82 Å². The van der Waals surface area contributed by atoms with Crippen LogP contribution in [0, 0.1) is 0 Å². The van der Waals surface area contributed by atoms with Gasteiger partial charge in [-0.25, -0.2) is 4.98 Å². The first-order chi connectivity index (χ1) is 8.34. The Morgan fingerprint density at radius 2 is 2.06 bits per heavy atom. The van der Waals surface area contributed by atoms with Crippen LogP contribution < -0.4 is 16.2 Å². The van der Waals surface area contributed by atoms with Gasteiger partial charge in [-0.1, -0.05) is 0 Å². The number of hydrogen-bond donors (Lipinski definition) is 3. The van der Waals surface area contributed by atoms with E-state index < -0.39 is 0 Å². The van der Waals surface area contributed by atoms with E-state index in [1.54, 1.807) is 0 Å². The molecule has 92 valence electrons. The summed E-state index contributed by atoms with van der Waals surface area (Å²) in [5.74, 6) is 0.794. The molecule has 1 aromatic heterocycles. The molecule has 0 amide bonds. The third-order valence-corrected chi connectivity index (χ3v) is 3.58. The molecule has 1 saturated heterocycles. The Labute approximate surface area is 100 Å². The predicted octanol–water partition coefficient (Wildman–Crippen LogP) is -0.117.